The predicted molar refractivity (Wildman–Crippen MR) is 133 cm³/mol. The number of benzene rings is 3. The van der Waals surface area contributed by atoms with E-state index in [-0.39, 0.29) is 17.2 Å². The minimum atomic E-state index is -4.07. The Hall–Kier alpha value is -3.07. The molecule has 3 aromatic carbocycles. The first-order valence-corrected chi connectivity index (χ1v) is 13.3. The highest BCUT2D eigenvalue weighted by molar-refractivity contribution is 7.89. The molecule has 0 spiro atoms. The maximum Gasteiger partial charge on any atom is 0.247 e. The molecule has 1 saturated heterocycles. The van der Waals surface area contributed by atoms with E-state index in [1.54, 1.807) is 7.11 Å². The van der Waals surface area contributed by atoms with Crippen LogP contribution in [0.2, 0.25) is 0 Å². The van der Waals surface area contributed by atoms with Crippen LogP contribution in [0.4, 0.5) is 0 Å². The summed E-state index contributed by atoms with van der Waals surface area (Å²) in [5, 5.41) is 23.4. The minimum absolute atomic E-state index is 0.194. The maximum absolute atomic E-state index is 13.8. The fourth-order valence-corrected chi connectivity index (χ4v) is 6.87. The molecule has 7 nitrogen and oxygen atoms in total. The van der Waals surface area contributed by atoms with E-state index in [2.05, 4.69) is 17.4 Å². The van der Waals surface area contributed by atoms with Crippen molar-refractivity contribution in [2.24, 2.45) is 5.92 Å². The molecule has 2 heterocycles. The van der Waals surface area contributed by atoms with E-state index in [4.69, 9.17) is 4.74 Å². The van der Waals surface area contributed by atoms with Gasteiger partial charge in [-0.05, 0) is 84.8 Å². The zero-order chi connectivity index (χ0) is 24.6. The third kappa shape index (κ3) is 4.61. The number of hydrogen-bond donors (Lipinski definition) is 3. The molecule has 1 atom stereocenters. The van der Waals surface area contributed by atoms with E-state index in [1.807, 2.05) is 30.3 Å². The number of aromatic hydroxyl groups is 2. The smallest absolute Gasteiger partial charge is 0.247 e. The molecule has 5 rings (SSSR count). The first kappa shape index (κ1) is 23.7. The van der Waals surface area contributed by atoms with Gasteiger partial charge in [0.25, 0.3) is 0 Å². The SMILES string of the molecule is COc1ccc(C2c3ccc(CC4CCNCC4)cc3CN2S(=O)(=O)c2ccc(O)cc2O)cc1. The van der Waals surface area contributed by atoms with Gasteiger partial charge >= 0.3 is 0 Å². The Morgan fingerprint density at radius 1 is 1.00 bits per heavy atom. The molecule has 0 aliphatic carbocycles. The van der Waals surface area contributed by atoms with E-state index in [9.17, 15) is 18.6 Å². The molecule has 3 aromatic rings. The predicted octanol–water partition coefficient (Wildman–Crippen LogP) is 3.94. The monoisotopic (exact) mass is 494 g/mol. The molecular weight excluding hydrogens is 464 g/mol. The van der Waals surface area contributed by atoms with Gasteiger partial charge in [0.05, 0.1) is 13.2 Å². The fourth-order valence-electron chi connectivity index (χ4n) is 5.23. The van der Waals surface area contributed by atoms with Crippen LogP contribution < -0.4 is 10.1 Å². The van der Waals surface area contributed by atoms with Gasteiger partial charge in [0.15, 0.2) is 0 Å². The Balaban J connectivity index is 1.55. The number of phenolic OH excluding ortho intramolecular Hbond substituents is 2. The minimum Gasteiger partial charge on any atom is -0.508 e. The fraction of sp³-hybridized carbons (Fsp3) is 0.333. The molecule has 0 bridgehead atoms. The molecule has 1 fully saturated rings. The van der Waals surface area contributed by atoms with Gasteiger partial charge in [-0.1, -0.05) is 30.3 Å². The lowest BCUT2D eigenvalue weighted by atomic mass is 9.89. The first-order chi connectivity index (χ1) is 16.9. The van der Waals surface area contributed by atoms with Gasteiger partial charge in [-0.2, -0.15) is 4.31 Å². The average molecular weight is 495 g/mol. The topological polar surface area (TPSA) is 99.1 Å². The first-order valence-electron chi connectivity index (χ1n) is 11.9. The van der Waals surface area contributed by atoms with Gasteiger partial charge in [-0.25, -0.2) is 8.42 Å². The molecule has 0 aromatic heterocycles. The molecule has 0 radical (unpaired) electrons. The molecule has 1 unspecified atom stereocenters. The lowest BCUT2D eigenvalue weighted by Crippen LogP contribution is -2.30. The second-order valence-electron chi connectivity index (χ2n) is 9.31. The average Bonchev–Trinajstić information content (AvgIpc) is 3.24. The van der Waals surface area contributed by atoms with Crippen LogP contribution >= 0.6 is 0 Å². The Kier molecular flexibility index (Phi) is 6.44. The second-order valence-corrected chi connectivity index (χ2v) is 11.2. The lowest BCUT2D eigenvalue weighted by Gasteiger charge is -2.25. The molecule has 184 valence electrons. The van der Waals surface area contributed by atoms with Gasteiger partial charge in [-0.3, -0.25) is 0 Å². The number of piperidine rings is 1. The third-order valence-electron chi connectivity index (χ3n) is 7.06. The summed E-state index contributed by atoms with van der Waals surface area (Å²) in [6.07, 6.45) is 3.27. The Bertz CT molecular complexity index is 1320. The van der Waals surface area contributed by atoms with E-state index >= 15 is 0 Å². The summed E-state index contributed by atoms with van der Waals surface area (Å²) in [5.74, 6) is 0.651. The van der Waals surface area contributed by atoms with Crippen LogP contribution in [0.3, 0.4) is 0 Å². The van der Waals surface area contributed by atoms with Crippen molar-refractivity contribution in [2.45, 2.75) is 36.7 Å². The zero-order valence-electron chi connectivity index (χ0n) is 19.6. The number of nitrogens with zero attached hydrogens (tertiary/aromatic N) is 1. The van der Waals surface area contributed by atoms with Gasteiger partial charge < -0.3 is 20.3 Å². The van der Waals surface area contributed by atoms with Gasteiger partial charge in [0.1, 0.15) is 22.1 Å². The van der Waals surface area contributed by atoms with Crippen LogP contribution in [-0.2, 0) is 23.0 Å². The molecule has 2 aliphatic heterocycles. The molecule has 0 saturated carbocycles. The highest BCUT2D eigenvalue weighted by atomic mass is 32.2. The molecule has 8 heteroatoms. The summed E-state index contributed by atoms with van der Waals surface area (Å²) in [5.41, 5.74) is 3.94. The molecule has 35 heavy (non-hydrogen) atoms. The largest absolute Gasteiger partial charge is 0.508 e. The normalized spacial score (nSPS) is 18.9. The van der Waals surface area contributed by atoms with E-state index < -0.39 is 21.8 Å². The van der Waals surface area contributed by atoms with Crippen molar-refractivity contribution in [1.29, 1.82) is 0 Å². The zero-order valence-corrected chi connectivity index (χ0v) is 20.5. The van der Waals surface area contributed by atoms with Gasteiger partial charge in [-0.15, -0.1) is 0 Å². The number of phenols is 2. The van der Waals surface area contributed by atoms with Crippen LogP contribution in [0.25, 0.3) is 0 Å². The van der Waals surface area contributed by atoms with Crippen molar-refractivity contribution in [1.82, 2.24) is 9.62 Å². The number of hydrogen-bond acceptors (Lipinski definition) is 6. The van der Waals surface area contributed by atoms with Crippen LogP contribution in [0.5, 0.6) is 17.2 Å². The highest BCUT2D eigenvalue weighted by Gasteiger charge is 2.41. The van der Waals surface area contributed by atoms with Gasteiger partial charge in [0, 0.05) is 12.6 Å². The van der Waals surface area contributed by atoms with Crippen molar-refractivity contribution >= 4 is 10.0 Å². The van der Waals surface area contributed by atoms with Crippen molar-refractivity contribution in [3.63, 3.8) is 0 Å². The second kappa shape index (κ2) is 9.53. The number of ether oxygens (including phenoxy) is 1. The van der Waals surface area contributed by atoms with Crippen molar-refractivity contribution in [3.05, 3.63) is 82.9 Å². The molecule has 3 N–H and O–H groups in total. The standard InChI is InChI=1S/C27H30N2O5S/c1-34-23-6-3-20(4-7-23)27-24-8-2-19(14-18-10-12-28-13-11-18)15-21(24)17-29(27)35(32,33)26-9-5-22(30)16-25(26)31/h2-9,15-16,18,27-28,30-31H,10-14,17H2,1H3. The van der Waals surface area contributed by atoms with Crippen LogP contribution in [0.15, 0.2) is 65.6 Å². The maximum atomic E-state index is 13.8. The quantitative estimate of drug-likeness (QED) is 0.480. The Morgan fingerprint density at radius 3 is 2.43 bits per heavy atom. The summed E-state index contributed by atoms with van der Waals surface area (Å²) in [6.45, 7) is 2.28. The highest BCUT2D eigenvalue weighted by Crippen LogP contribution is 2.44. The van der Waals surface area contributed by atoms with Crippen molar-refractivity contribution in [2.75, 3.05) is 20.2 Å². The van der Waals surface area contributed by atoms with Crippen molar-refractivity contribution in [3.8, 4) is 17.2 Å². The summed E-state index contributed by atoms with van der Waals surface area (Å²) in [4.78, 5) is -0.225. The van der Waals surface area contributed by atoms with Crippen LogP contribution in [0.1, 0.15) is 41.1 Å². The Labute approximate surface area is 206 Å². The van der Waals surface area contributed by atoms with E-state index in [1.165, 1.54) is 22.0 Å². The van der Waals surface area contributed by atoms with Gasteiger partial charge in [0.2, 0.25) is 10.0 Å². The molecular formula is C27H30N2O5S. The number of fused-ring (bicyclic) bond motifs is 1. The number of methoxy groups -OCH3 is 1. The third-order valence-corrected chi connectivity index (χ3v) is 8.92. The van der Waals surface area contributed by atoms with Crippen molar-refractivity contribution < 1.29 is 23.4 Å². The summed E-state index contributed by atoms with van der Waals surface area (Å²) < 4.78 is 34.3. The van der Waals surface area contributed by atoms with E-state index in [0.717, 1.165) is 55.1 Å². The van der Waals surface area contributed by atoms with Crippen LogP contribution in [-0.4, -0.2) is 43.1 Å². The lowest BCUT2D eigenvalue weighted by molar-refractivity contribution is 0.372. The Morgan fingerprint density at radius 2 is 1.74 bits per heavy atom. The molecule has 2 aliphatic rings. The van der Waals surface area contributed by atoms with E-state index in [0.29, 0.717) is 11.7 Å². The summed E-state index contributed by atoms with van der Waals surface area (Å²) >= 11 is 0. The molecule has 0 amide bonds. The number of sulfonamides is 1. The summed E-state index contributed by atoms with van der Waals surface area (Å²) in [7, 11) is -2.48. The number of nitrogens with one attached hydrogen (secondary N) is 1. The summed E-state index contributed by atoms with van der Waals surface area (Å²) in [6, 6.07) is 16.7. The number of rotatable bonds is 6. The van der Waals surface area contributed by atoms with Crippen LogP contribution in [0, 0.1) is 5.92 Å².